The van der Waals surface area contributed by atoms with E-state index in [9.17, 15) is 9.59 Å². The molecule has 0 fully saturated rings. The van der Waals surface area contributed by atoms with Gasteiger partial charge in [0.2, 0.25) is 0 Å². The molecule has 2 N–H and O–H groups in total. The summed E-state index contributed by atoms with van der Waals surface area (Å²) in [6.07, 6.45) is 1.46. The third-order valence-corrected chi connectivity index (χ3v) is 6.02. The molecule has 1 unspecified atom stereocenters. The zero-order valence-electron chi connectivity index (χ0n) is 19.9. The Morgan fingerprint density at radius 3 is 2.47 bits per heavy atom. The van der Waals surface area contributed by atoms with E-state index in [2.05, 4.69) is 31.8 Å². The summed E-state index contributed by atoms with van der Waals surface area (Å²) >= 11 is 9.69. The van der Waals surface area contributed by atoms with E-state index in [-0.39, 0.29) is 12.5 Å². The van der Waals surface area contributed by atoms with Gasteiger partial charge in [-0.25, -0.2) is 5.43 Å². The largest absolute Gasteiger partial charge is 0.497 e. The van der Waals surface area contributed by atoms with Crippen LogP contribution in [-0.4, -0.2) is 38.3 Å². The van der Waals surface area contributed by atoms with E-state index in [4.69, 9.17) is 25.8 Å². The summed E-state index contributed by atoms with van der Waals surface area (Å²) < 4.78 is 17.1. The standard InChI is InChI=1S/C26H25BrClN3O5/c1-16(30-26(33)18-8-10-20(34-2)11-9-18)25(32)31-29-14-17-12-21(27)24(23(13-17)35-3)36-15-19-6-4-5-7-22(19)28/h4-14,16H,15H2,1-3H3,(H,30,33)(H,31,32). The fourth-order valence-corrected chi connectivity index (χ4v) is 3.84. The Morgan fingerprint density at radius 2 is 1.81 bits per heavy atom. The number of rotatable bonds is 10. The van der Waals surface area contributed by atoms with Gasteiger partial charge in [0.1, 0.15) is 18.4 Å². The highest BCUT2D eigenvalue weighted by Gasteiger charge is 2.17. The van der Waals surface area contributed by atoms with Crippen molar-refractivity contribution in [1.82, 2.24) is 10.7 Å². The van der Waals surface area contributed by atoms with Crippen LogP contribution in [0.15, 0.2) is 70.2 Å². The fourth-order valence-electron chi connectivity index (χ4n) is 3.07. The Hall–Kier alpha value is -3.56. The van der Waals surface area contributed by atoms with Crippen LogP contribution in [0, 0.1) is 0 Å². The molecule has 10 heteroatoms. The summed E-state index contributed by atoms with van der Waals surface area (Å²) in [5.41, 5.74) is 4.33. The molecule has 2 amide bonds. The van der Waals surface area contributed by atoms with Crippen LogP contribution in [0.3, 0.4) is 0 Å². The molecule has 0 aliphatic carbocycles. The third-order valence-electron chi connectivity index (χ3n) is 5.06. The van der Waals surface area contributed by atoms with Crippen molar-refractivity contribution in [3.8, 4) is 17.2 Å². The lowest BCUT2D eigenvalue weighted by Crippen LogP contribution is -2.43. The molecule has 0 saturated heterocycles. The number of carbonyl (C=O) groups is 2. The first-order chi connectivity index (χ1) is 17.3. The second kappa shape index (κ2) is 12.9. The molecule has 1 atom stereocenters. The molecule has 0 spiro atoms. The van der Waals surface area contributed by atoms with Gasteiger partial charge in [0.05, 0.1) is 24.9 Å². The predicted molar refractivity (Wildman–Crippen MR) is 142 cm³/mol. The van der Waals surface area contributed by atoms with Crippen molar-refractivity contribution in [3.05, 3.63) is 86.8 Å². The average molecular weight is 575 g/mol. The van der Waals surface area contributed by atoms with E-state index in [0.29, 0.717) is 37.9 Å². The normalized spacial score (nSPS) is 11.6. The predicted octanol–water partition coefficient (Wildman–Crippen LogP) is 4.97. The van der Waals surface area contributed by atoms with Gasteiger partial charge < -0.3 is 19.5 Å². The van der Waals surface area contributed by atoms with Gasteiger partial charge >= 0.3 is 0 Å². The molecule has 3 rings (SSSR count). The highest BCUT2D eigenvalue weighted by Crippen LogP contribution is 2.37. The minimum atomic E-state index is -0.807. The molecule has 0 aliphatic heterocycles. The molecule has 8 nitrogen and oxygen atoms in total. The van der Waals surface area contributed by atoms with Crippen LogP contribution in [0.5, 0.6) is 17.2 Å². The van der Waals surface area contributed by atoms with Crippen molar-refractivity contribution < 1.29 is 23.8 Å². The first-order valence-corrected chi connectivity index (χ1v) is 12.0. The molecule has 3 aromatic carbocycles. The zero-order chi connectivity index (χ0) is 26.1. The first kappa shape index (κ1) is 27.0. The molecule has 188 valence electrons. The van der Waals surface area contributed by atoms with E-state index < -0.39 is 11.9 Å². The Bertz CT molecular complexity index is 1250. The number of carbonyl (C=O) groups excluding carboxylic acids is 2. The van der Waals surface area contributed by atoms with Crippen molar-refractivity contribution in [2.45, 2.75) is 19.6 Å². The van der Waals surface area contributed by atoms with Crippen LogP contribution < -0.4 is 25.0 Å². The van der Waals surface area contributed by atoms with Crippen LogP contribution in [0.1, 0.15) is 28.4 Å². The third kappa shape index (κ3) is 7.22. The molecule has 0 aliphatic rings. The van der Waals surface area contributed by atoms with Gasteiger partial charge in [-0.15, -0.1) is 0 Å². The maximum absolute atomic E-state index is 12.4. The molecule has 3 aromatic rings. The monoisotopic (exact) mass is 573 g/mol. The van der Waals surface area contributed by atoms with Crippen LogP contribution in [-0.2, 0) is 11.4 Å². The molecule has 0 saturated carbocycles. The number of nitrogens with zero attached hydrogens (tertiary/aromatic N) is 1. The Morgan fingerprint density at radius 1 is 1.08 bits per heavy atom. The van der Waals surface area contributed by atoms with Gasteiger partial charge in [0.15, 0.2) is 11.5 Å². The number of hydrogen-bond donors (Lipinski definition) is 2. The van der Waals surface area contributed by atoms with Gasteiger partial charge in [-0.3, -0.25) is 9.59 Å². The van der Waals surface area contributed by atoms with Crippen molar-refractivity contribution >= 4 is 45.6 Å². The summed E-state index contributed by atoms with van der Waals surface area (Å²) in [7, 11) is 3.07. The lowest BCUT2D eigenvalue weighted by Gasteiger charge is -2.14. The highest BCUT2D eigenvalue weighted by atomic mass is 79.9. The Labute approximate surface area is 222 Å². The van der Waals surface area contributed by atoms with Gasteiger partial charge in [-0.05, 0) is 70.9 Å². The maximum Gasteiger partial charge on any atom is 0.262 e. The van der Waals surface area contributed by atoms with Gasteiger partial charge in [0, 0.05) is 16.1 Å². The molecule has 0 radical (unpaired) electrons. The number of nitrogens with one attached hydrogen (secondary N) is 2. The lowest BCUT2D eigenvalue weighted by molar-refractivity contribution is -0.122. The molecule has 0 heterocycles. The van der Waals surface area contributed by atoms with Crippen LogP contribution in [0.2, 0.25) is 5.02 Å². The second-order valence-electron chi connectivity index (χ2n) is 7.57. The quantitative estimate of drug-likeness (QED) is 0.263. The maximum atomic E-state index is 12.4. The van der Waals surface area contributed by atoms with Crippen LogP contribution >= 0.6 is 27.5 Å². The second-order valence-corrected chi connectivity index (χ2v) is 8.83. The SMILES string of the molecule is COc1ccc(C(=O)NC(C)C(=O)NN=Cc2cc(Br)c(OCc3ccccc3Cl)c(OC)c2)cc1. The number of benzene rings is 3. The van der Waals surface area contributed by atoms with E-state index >= 15 is 0 Å². The van der Waals surface area contributed by atoms with Gasteiger partial charge in [0.25, 0.3) is 11.8 Å². The number of halogens is 2. The summed E-state index contributed by atoms with van der Waals surface area (Å²) in [6.45, 7) is 1.83. The molecule has 0 bridgehead atoms. The van der Waals surface area contributed by atoms with Crippen molar-refractivity contribution in [2.24, 2.45) is 5.10 Å². The van der Waals surface area contributed by atoms with Gasteiger partial charge in [-0.2, -0.15) is 5.10 Å². The Kier molecular flexibility index (Phi) is 9.72. The summed E-state index contributed by atoms with van der Waals surface area (Å²) in [4.78, 5) is 24.7. The summed E-state index contributed by atoms with van der Waals surface area (Å²) in [5, 5.41) is 7.23. The molecule has 36 heavy (non-hydrogen) atoms. The fraction of sp³-hybridized carbons (Fsp3) is 0.192. The number of ether oxygens (including phenoxy) is 3. The van der Waals surface area contributed by atoms with E-state index in [1.165, 1.54) is 13.3 Å². The minimum Gasteiger partial charge on any atom is -0.497 e. The lowest BCUT2D eigenvalue weighted by atomic mass is 10.2. The summed E-state index contributed by atoms with van der Waals surface area (Å²) in [6, 6.07) is 16.7. The van der Waals surface area contributed by atoms with E-state index in [0.717, 1.165) is 5.56 Å². The average Bonchev–Trinajstić information content (AvgIpc) is 2.88. The number of hydrogen-bond acceptors (Lipinski definition) is 6. The minimum absolute atomic E-state index is 0.262. The van der Waals surface area contributed by atoms with Gasteiger partial charge in [-0.1, -0.05) is 29.8 Å². The summed E-state index contributed by atoms with van der Waals surface area (Å²) in [5.74, 6) is 0.761. The number of methoxy groups -OCH3 is 2. The zero-order valence-corrected chi connectivity index (χ0v) is 22.2. The Balaban J connectivity index is 1.59. The first-order valence-electron chi connectivity index (χ1n) is 10.8. The number of amides is 2. The van der Waals surface area contributed by atoms with E-state index in [1.54, 1.807) is 56.5 Å². The van der Waals surface area contributed by atoms with Crippen molar-refractivity contribution in [1.29, 1.82) is 0 Å². The topological polar surface area (TPSA) is 98.2 Å². The number of hydrazone groups is 1. The van der Waals surface area contributed by atoms with Crippen molar-refractivity contribution in [3.63, 3.8) is 0 Å². The van der Waals surface area contributed by atoms with Crippen LogP contribution in [0.4, 0.5) is 0 Å². The molecular weight excluding hydrogens is 550 g/mol. The molecule has 0 aromatic heterocycles. The van der Waals surface area contributed by atoms with Crippen LogP contribution in [0.25, 0.3) is 0 Å². The highest BCUT2D eigenvalue weighted by molar-refractivity contribution is 9.10. The molecular formula is C26H25BrClN3O5. The van der Waals surface area contributed by atoms with E-state index in [1.807, 2.05) is 18.2 Å². The smallest absolute Gasteiger partial charge is 0.262 e. The van der Waals surface area contributed by atoms with Crippen molar-refractivity contribution in [2.75, 3.05) is 14.2 Å².